The molecule has 92 valence electrons. The number of thioether (sulfide) groups is 1. The molecule has 2 rings (SSSR count). The van der Waals surface area contributed by atoms with Crippen LogP contribution in [-0.4, -0.2) is 37.3 Å². The second-order valence-electron chi connectivity index (χ2n) is 3.57. The summed E-state index contributed by atoms with van der Waals surface area (Å²) >= 11 is 1.80. The summed E-state index contributed by atoms with van der Waals surface area (Å²) in [6.45, 7) is 2.81. The predicted octanol–water partition coefficient (Wildman–Crippen LogP) is 1.49. The molecule has 0 bridgehead atoms. The van der Waals surface area contributed by atoms with E-state index in [9.17, 15) is 0 Å². The van der Waals surface area contributed by atoms with Gasteiger partial charge in [-0.2, -0.15) is 11.8 Å². The van der Waals surface area contributed by atoms with E-state index in [1.54, 1.807) is 18.1 Å². The lowest BCUT2D eigenvalue weighted by Gasteiger charge is -2.02. The van der Waals surface area contributed by atoms with E-state index in [0.717, 1.165) is 29.4 Å². The molecular weight excluding hydrogens is 238 g/mol. The SMILES string of the molecule is Cc1[nH]cnc1CSCCNc1ncc(O)[nH]1. The van der Waals surface area contributed by atoms with Gasteiger partial charge in [0.15, 0.2) is 0 Å². The molecule has 7 heteroatoms. The lowest BCUT2D eigenvalue weighted by Crippen LogP contribution is -2.05. The van der Waals surface area contributed by atoms with Gasteiger partial charge in [-0.1, -0.05) is 0 Å². The molecule has 0 saturated heterocycles. The van der Waals surface area contributed by atoms with Gasteiger partial charge < -0.3 is 15.4 Å². The molecule has 2 aromatic heterocycles. The molecule has 0 atom stereocenters. The van der Waals surface area contributed by atoms with Crippen molar-refractivity contribution in [2.45, 2.75) is 12.7 Å². The zero-order valence-corrected chi connectivity index (χ0v) is 10.3. The highest BCUT2D eigenvalue weighted by Crippen LogP contribution is 2.12. The molecule has 2 aromatic rings. The van der Waals surface area contributed by atoms with Crippen molar-refractivity contribution in [3.05, 3.63) is 23.9 Å². The van der Waals surface area contributed by atoms with Crippen LogP contribution in [-0.2, 0) is 5.75 Å². The van der Waals surface area contributed by atoms with Gasteiger partial charge in [-0.15, -0.1) is 0 Å². The molecule has 0 aliphatic rings. The second kappa shape index (κ2) is 5.62. The number of nitrogens with zero attached hydrogens (tertiary/aromatic N) is 2. The van der Waals surface area contributed by atoms with E-state index in [1.807, 2.05) is 6.92 Å². The molecule has 0 aliphatic heterocycles. The number of aryl methyl sites for hydroxylation is 1. The van der Waals surface area contributed by atoms with E-state index in [-0.39, 0.29) is 5.88 Å². The van der Waals surface area contributed by atoms with Crippen LogP contribution in [0.5, 0.6) is 5.88 Å². The van der Waals surface area contributed by atoms with Crippen molar-refractivity contribution in [1.29, 1.82) is 0 Å². The molecule has 6 nitrogen and oxygen atoms in total. The van der Waals surface area contributed by atoms with Crippen molar-refractivity contribution >= 4 is 17.7 Å². The number of aromatic amines is 2. The van der Waals surface area contributed by atoms with Gasteiger partial charge in [0.2, 0.25) is 11.8 Å². The molecule has 0 aliphatic carbocycles. The normalized spacial score (nSPS) is 10.6. The Kier molecular flexibility index (Phi) is 3.92. The first-order chi connectivity index (χ1) is 8.25. The Bertz CT molecular complexity index is 467. The van der Waals surface area contributed by atoms with Crippen LogP contribution >= 0.6 is 11.8 Å². The van der Waals surface area contributed by atoms with Crippen molar-refractivity contribution in [3.63, 3.8) is 0 Å². The van der Waals surface area contributed by atoms with Crippen LogP contribution in [0.25, 0.3) is 0 Å². The Balaban J connectivity index is 1.62. The topological polar surface area (TPSA) is 89.6 Å². The van der Waals surface area contributed by atoms with Gasteiger partial charge in [-0.25, -0.2) is 9.97 Å². The molecule has 0 aromatic carbocycles. The van der Waals surface area contributed by atoms with Gasteiger partial charge in [-0.05, 0) is 6.92 Å². The number of aromatic nitrogens is 4. The Labute approximate surface area is 103 Å². The molecule has 2 heterocycles. The summed E-state index contributed by atoms with van der Waals surface area (Å²) in [5.41, 5.74) is 2.23. The summed E-state index contributed by atoms with van der Waals surface area (Å²) in [6.07, 6.45) is 3.09. The minimum atomic E-state index is 0.0762. The number of H-pyrrole nitrogens is 2. The van der Waals surface area contributed by atoms with E-state index >= 15 is 0 Å². The largest absolute Gasteiger partial charge is 0.493 e. The van der Waals surface area contributed by atoms with Crippen molar-refractivity contribution in [3.8, 4) is 5.88 Å². The van der Waals surface area contributed by atoms with E-state index in [1.165, 1.54) is 6.20 Å². The van der Waals surface area contributed by atoms with Gasteiger partial charge in [0.1, 0.15) is 0 Å². The highest BCUT2D eigenvalue weighted by molar-refractivity contribution is 7.98. The van der Waals surface area contributed by atoms with E-state index < -0.39 is 0 Å². The Morgan fingerprint density at radius 1 is 1.47 bits per heavy atom. The van der Waals surface area contributed by atoms with E-state index in [0.29, 0.717) is 5.95 Å². The average molecular weight is 253 g/mol. The molecule has 0 amide bonds. The third-order valence-electron chi connectivity index (χ3n) is 2.27. The number of imidazole rings is 2. The van der Waals surface area contributed by atoms with Crippen LogP contribution in [0.3, 0.4) is 0 Å². The molecule has 0 radical (unpaired) electrons. The van der Waals surface area contributed by atoms with Crippen molar-refractivity contribution < 1.29 is 5.11 Å². The van der Waals surface area contributed by atoms with E-state index in [4.69, 9.17) is 5.11 Å². The Hall–Kier alpha value is -1.63. The zero-order valence-electron chi connectivity index (χ0n) is 9.53. The lowest BCUT2D eigenvalue weighted by atomic mass is 10.4. The summed E-state index contributed by atoms with van der Waals surface area (Å²) in [4.78, 5) is 13.9. The molecule has 0 unspecified atom stereocenters. The summed E-state index contributed by atoms with van der Waals surface area (Å²) in [5.74, 6) is 2.53. The molecule has 17 heavy (non-hydrogen) atoms. The molecule has 0 spiro atoms. The Morgan fingerprint density at radius 2 is 2.35 bits per heavy atom. The summed E-state index contributed by atoms with van der Waals surface area (Å²) in [5, 5.41) is 12.1. The first kappa shape index (κ1) is 11.8. The smallest absolute Gasteiger partial charge is 0.210 e. The minimum absolute atomic E-state index is 0.0762. The first-order valence-electron chi connectivity index (χ1n) is 5.30. The minimum Gasteiger partial charge on any atom is -0.493 e. The van der Waals surface area contributed by atoms with Gasteiger partial charge in [0, 0.05) is 23.7 Å². The van der Waals surface area contributed by atoms with Crippen LogP contribution in [0.2, 0.25) is 0 Å². The highest BCUT2D eigenvalue weighted by atomic mass is 32.2. The lowest BCUT2D eigenvalue weighted by molar-refractivity contribution is 0.457. The maximum Gasteiger partial charge on any atom is 0.210 e. The monoisotopic (exact) mass is 253 g/mol. The number of anilines is 1. The van der Waals surface area contributed by atoms with Crippen LogP contribution in [0.15, 0.2) is 12.5 Å². The van der Waals surface area contributed by atoms with Crippen molar-refractivity contribution in [1.82, 2.24) is 19.9 Å². The van der Waals surface area contributed by atoms with Gasteiger partial charge >= 0.3 is 0 Å². The Morgan fingerprint density at radius 3 is 3.00 bits per heavy atom. The third kappa shape index (κ3) is 3.42. The van der Waals surface area contributed by atoms with Crippen LogP contribution in [0.4, 0.5) is 5.95 Å². The predicted molar refractivity (Wildman–Crippen MR) is 68.2 cm³/mol. The summed E-state index contributed by atoms with van der Waals surface area (Å²) < 4.78 is 0. The second-order valence-corrected chi connectivity index (χ2v) is 4.68. The fraction of sp³-hybridized carbons (Fsp3) is 0.400. The maximum atomic E-state index is 9.04. The molecule has 0 fully saturated rings. The van der Waals surface area contributed by atoms with Crippen molar-refractivity contribution in [2.75, 3.05) is 17.6 Å². The highest BCUT2D eigenvalue weighted by Gasteiger charge is 2.01. The number of hydrogen-bond acceptors (Lipinski definition) is 5. The van der Waals surface area contributed by atoms with Gasteiger partial charge in [-0.3, -0.25) is 4.98 Å². The standard InChI is InChI=1S/C10H15N5OS/c1-7-8(14-6-13-7)5-17-3-2-11-10-12-4-9(16)15-10/h4,6,16H,2-3,5H2,1H3,(H,13,14)(H2,11,12,15). The molecular formula is C10H15N5OS. The summed E-state index contributed by atoms with van der Waals surface area (Å²) in [6, 6.07) is 0. The summed E-state index contributed by atoms with van der Waals surface area (Å²) in [7, 11) is 0. The number of rotatable bonds is 6. The van der Waals surface area contributed by atoms with Gasteiger partial charge in [0.05, 0.1) is 18.2 Å². The van der Waals surface area contributed by atoms with Crippen molar-refractivity contribution in [2.24, 2.45) is 0 Å². The van der Waals surface area contributed by atoms with Crippen LogP contribution in [0.1, 0.15) is 11.4 Å². The van der Waals surface area contributed by atoms with Crippen LogP contribution in [0, 0.1) is 6.92 Å². The first-order valence-corrected chi connectivity index (χ1v) is 6.45. The number of aromatic hydroxyl groups is 1. The third-order valence-corrected chi connectivity index (χ3v) is 3.24. The van der Waals surface area contributed by atoms with E-state index in [2.05, 4.69) is 25.3 Å². The average Bonchev–Trinajstić information content (AvgIpc) is 2.88. The van der Waals surface area contributed by atoms with Gasteiger partial charge in [0.25, 0.3) is 0 Å². The zero-order chi connectivity index (χ0) is 12.1. The maximum absolute atomic E-state index is 9.04. The molecule has 0 saturated carbocycles. The fourth-order valence-electron chi connectivity index (χ4n) is 1.34. The number of nitrogens with one attached hydrogen (secondary N) is 3. The molecule has 4 N–H and O–H groups in total. The van der Waals surface area contributed by atoms with Crippen LogP contribution < -0.4 is 5.32 Å². The fourth-order valence-corrected chi connectivity index (χ4v) is 2.22. The number of hydrogen-bond donors (Lipinski definition) is 4. The quantitative estimate of drug-likeness (QED) is 0.586.